The van der Waals surface area contributed by atoms with E-state index >= 15 is 0 Å². The van der Waals surface area contributed by atoms with Crippen LogP contribution in [0.25, 0.3) is 0 Å². The smallest absolute Gasteiger partial charge is 0.00187 e. The number of hydrogen-bond acceptors (Lipinski definition) is 0. The van der Waals surface area contributed by atoms with Gasteiger partial charge in [-0.2, -0.15) is 0 Å². The molecule has 1 aromatic carbocycles. The minimum Gasteiger partial charge on any atom is -0.133 e. The van der Waals surface area contributed by atoms with Gasteiger partial charge < -0.3 is 0 Å². The lowest BCUT2D eigenvalue weighted by atomic mass is 10.0. The molecule has 0 aliphatic rings. The van der Waals surface area contributed by atoms with E-state index in [0.29, 0.717) is 0 Å². The van der Waals surface area contributed by atoms with Crippen LogP contribution in [0.2, 0.25) is 0 Å². The Balaban J connectivity index is 2.99. The van der Waals surface area contributed by atoms with E-state index in [0.717, 1.165) is 6.42 Å². The van der Waals surface area contributed by atoms with Crippen molar-refractivity contribution in [1.29, 1.82) is 0 Å². The van der Waals surface area contributed by atoms with Crippen molar-refractivity contribution in [1.82, 2.24) is 0 Å². The largest absolute Gasteiger partial charge is 0.133 e. The van der Waals surface area contributed by atoms with E-state index in [9.17, 15) is 0 Å². The van der Waals surface area contributed by atoms with Crippen LogP contribution in [0.3, 0.4) is 0 Å². The van der Waals surface area contributed by atoms with Gasteiger partial charge in [-0.15, -0.1) is 5.73 Å². The second-order valence-electron chi connectivity index (χ2n) is 2.97. The highest BCUT2D eigenvalue weighted by Crippen LogP contribution is 2.13. The average molecular weight is 158 g/mol. The zero-order valence-corrected chi connectivity index (χ0v) is 7.72. The highest BCUT2D eigenvalue weighted by atomic mass is 14.0. The molecule has 0 saturated heterocycles. The van der Waals surface area contributed by atoms with Crippen molar-refractivity contribution in [3.8, 4) is 0 Å². The molecule has 0 heteroatoms. The van der Waals surface area contributed by atoms with Gasteiger partial charge >= 0.3 is 0 Å². The molecular weight excluding hydrogens is 144 g/mol. The van der Waals surface area contributed by atoms with Gasteiger partial charge in [-0.1, -0.05) is 24.8 Å². The molecule has 0 unspecified atom stereocenters. The number of hydrogen-bond donors (Lipinski definition) is 0. The molecule has 0 fully saturated rings. The van der Waals surface area contributed by atoms with Gasteiger partial charge in [0.05, 0.1) is 0 Å². The van der Waals surface area contributed by atoms with E-state index in [1.165, 1.54) is 16.7 Å². The Kier molecular flexibility index (Phi) is 2.90. The van der Waals surface area contributed by atoms with Crippen molar-refractivity contribution in [3.63, 3.8) is 0 Å². The molecule has 0 spiro atoms. The number of rotatable bonds is 2. The predicted octanol–water partition coefficient (Wildman–Crippen LogP) is 3.19. The molecule has 12 heavy (non-hydrogen) atoms. The summed E-state index contributed by atoms with van der Waals surface area (Å²) in [5.41, 5.74) is 6.89. The van der Waals surface area contributed by atoms with E-state index in [1.54, 1.807) is 0 Å². The second kappa shape index (κ2) is 3.94. The van der Waals surface area contributed by atoms with E-state index in [4.69, 9.17) is 0 Å². The van der Waals surface area contributed by atoms with Crippen LogP contribution in [0.5, 0.6) is 0 Å². The Hall–Kier alpha value is -1.26. The molecule has 0 saturated carbocycles. The first-order chi connectivity index (χ1) is 5.75. The summed E-state index contributed by atoms with van der Waals surface area (Å²) in [5, 5.41) is 0. The Morgan fingerprint density at radius 2 is 2.17 bits per heavy atom. The Bertz CT molecular complexity index is 315. The van der Waals surface area contributed by atoms with Gasteiger partial charge in [0.1, 0.15) is 0 Å². The lowest BCUT2D eigenvalue weighted by Crippen LogP contribution is -1.89. The average Bonchev–Trinajstić information content (AvgIpc) is 2.08. The first-order valence-electron chi connectivity index (χ1n) is 4.15. The molecule has 1 aromatic rings. The molecular formula is C12H14. The van der Waals surface area contributed by atoms with Crippen LogP contribution >= 0.6 is 0 Å². The van der Waals surface area contributed by atoms with Crippen molar-refractivity contribution in [3.05, 3.63) is 53.3 Å². The third-order valence-electron chi connectivity index (χ3n) is 2.18. The van der Waals surface area contributed by atoms with Crippen LogP contribution < -0.4 is 0 Å². The van der Waals surface area contributed by atoms with Crippen molar-refractivity contribution in [2.45, 2.75) is 20.3 Å². The minimum absolute atomic E-state index is 0.941. The topological polar surface area (TPSA) is 0 Å². The quantitative estimate of drug-likeness (QED) is 0.580. The lowest BCUT2D eigenvalue weighted by molar-refractivity contribution is 1.18. The van der Waals surface area contributed by atoms with Gasteiger partial charge in [0.2, 0.25) is 0 Å². The van der Waals surface area contributed by atoms with Crippen molar-refractivity contribution in [2.75, 3.05) is 0 Å². The van der Waals surface area contributed by atoms with Gasteiger partial charge in [0, 0.05) is 0 Å². The molecule has 0 N–H and O–H groups in total. The van der Waals surface area contributed by atoms with Crippen LogP contribution in [-0.2, 0) is 6.42 Å². The first kappa shape index (κ1) is 8.83. The summed E-state index contributed by atoms with van der Waals surface area (Å²) in [5.74, 6) is 0. The molecule has 0 bridgehead atoms. The summed E-state index contributed by atoms with van der Waals surface area (Å²) >= 11 is 0. The molecule has 62 valence electrons. The molecule has 0 atom stereocenters. The molecule has 0 radical (unpaired) electrons. The highest BCUT2D eigenvalue weighted by molar-refractivity contribution is 5.34. The summed E-state index contributed by atoms with van der Waals surface area (Å²) in [7, 11) is 0. The number of allylic oxidation sites excluding steroid dienone is 1. The van der Waals surface area contributed by atoms with Crippen molar-refractivity contribution >= 4 is 0 Å². The zero-order chi connectivity index (χ0) is 8.97. The van der Waals surface area contributed by atoms with E-state index in [1.807, 2.05) is 6.08 Å². The minimum atomic E-state index is 0.941. The van der Waals surface area contributed by atoms with Gasteiger partial charge in [0.15, 0.2) is 0 Å². The van der Waals surface area contributed by atoms with Crippen LogP contribution in [0.4, 0.5) is 0 Å². The first-order valence-corrected chi connectivity index (χ1v) is 4.15. The Labute approximate surface area is 74.2 Å². The summed E-state index contributed by atoms with van der Waals surface area (Å²) in [6.45, 7) is 7.84. The van der Waals surface area contributed by atoms with Crippen LogP contribution in [-0.4, -0.2) is 0 Å². The van der Waals surface area contributed by atoms with E-state index < -0.39 is 0 Å². The predicted molar refractivity (Wildman–Crippen MR) is 53.3 cm³/mol. The molecule has 0 nitrogen and oxygen atoms in total. The van der Waals surface area contributed by atoms with Gasteiger partial charge in [-0.25, -0.2) is 0 Å². The summed E-state index contributed by atoms with van der Waals surface area (Å²) in [6, 6.07) is 6.38. The Morgan fingerprint density at radius 3 is 2.83 bits per heavy atom. The van der Waals surface area contributed by atoms with Crippen LogP contribution in [0, 0.1) is 13.8 Å². The zero-order valence-electron chi connectivity index (χ0n) is 7.72. The SMILES string of the molecule is C=C=CCc1cccc(C)c1C. The summed E-state index contributed by atoms with van der Waals surface area (Å²) in [6.07, 6.45) is 2.90. The second-order valence-corrected chi connectivity index (χ2v) is 2.97. The maximum Gasteiger partial charge on any atom is -0.00187 e. The fourth-order valence-corrected chi connectivity index (χ4v) is 1.22. The van der Waals surface area contributed by atoms with Crippen LogP contribution in [0.1, 0.15) is 16.7 Å². The molecule has 0 heterocycles. The van der Waals surface area contributed by atoms with E-state index in [2.05, 4.69) is 44.4 Å². The third-order valence-corrected chi connectivity index (χ3v) is 2.18. The van der Waals surface area contributed by atoms with E-state index in [-0.39, 0.29) is 0 Å². The summed E-state index contributed by atoms with van der Waals surface area (Å²) in [4.78, 5) is 0. The normalized spacial score (nSPS) is 9.17. The van der Waals surface area contributed by atoms with Gasteiger partial charge in [-0.05, 0) is 43.0 Å². The maximum atomic E-state index is 3.55. The van der Waals surface area contributed by atoms with Gasteiger partial charge in [-0.3, -0.25) is 0 Å². The lowest BCUT2D eigenvalue weighted by Gasteiger charge is -2.04. The van der Waals surface area contributed by atoms with Gasteiger partial charge in [0.25, 0.3) is 0 Å². The molecule has 0 aliphatic carbocycles. The maximum absolute atomic E-state index is 3.55. The molecule has 0 aliphatic heterocycles. The molecule has 0 amide bonds. The van der Waals surface area contributed by atoms with Crippen molar-refractivity contribution in [2.24, 2.45) is 0 Å². The monoisotopic (exact) mass is 158 g/mol. The Morgan fingerprint density at radius 1 is 1.42 bits per heavy atom. The van der Waals surface area contributed by atoms with Crippen molar-refractivity contribution < 1.29 is 0 Å². The fraction of sp³-hybridized carbons (Fsp3) is 0.250. The standard InChI is InChI=1S/C12H14/c1-4-5-8-12-9-6-7-10(2)11(12)3/h5-7,9H,1,8H2,2-3H3. The molecule has 1 rings (SSSR count). The fourth-order valence-electron chi connectivity index (χ4n) is 1.22. The molecule has 0 aromatic heterocycles. The number of benzene rings is 1. The third kappa shape index (κ3) is 1.87. The highest BCUT2D eigenvalue weighted by Gasteiger charge is 1.97. The number of aryl methyl sites for hydroxylation is 1. The summed E-state index contributed by atoms with van der Waals surface area (Å²) < 4.78 is 0. The van der Waals surface area contributed by atoms with Crippen LogP contribution in [0.15, 0.2) is 36.6 Å².